The van der Waals surface area contributed by atoms with Crippen LogP contribution < -0.4 is 0 Å². The molecule has 22 heavy (non-hydrogen) atoms. The Labute approximate surface area is 140 Å². The fraction of sp³-hybridized carbons (Fsp3) is 0.455. The number of hydrogen-bond donors (Lipinski definition) is 0. The van der Waals surface area contributed by atoms with Crippen molar-refractivity contribution in [2.45, 2.75) is 66.1 Å². The zero-order chi connectivity index (χ0) is 19.2. The lowest BCUT2D eigenvalue weighted by Gasteiger charge is -2.26. The third-order valence-corrected chi connectivity index (χ3v) is 4.31. The van der Waals surface area contributed by atoms with E-state index in [-0.39, 0.29) is 10.8 Å². The first-order valence-electron chi connectivity index (χ1n) is 9.48. The standard InChI is InChI=1S/C22H30/c1-15-10-9-11-20(16(15)2)17-12-18(21(3,4)5)14-19(13-17)22(6,7)8/h9-14H,1-8H3/i1D3. The molecule has 0 aliphatic heterocycles. The van der Waals surface area contributed by atoms with Gasteiger partial charge in [-0.25, -0.2) is 0 Å². The Kier molecular flexibility index (Phi) is 3.28. The van der Waals surface area contributed by atoms with Gasteiger partial charge >= 0.3 is 0 Å². The van der Waals surface area contributed by atoms with Gasteiger partial charge in [-0.05, 0) is 58.0 Å². The summed E-state index contributed by atoms with van der Waals surface area (Å²) in [5.41, 5.74) is 5.99. The van der Waals surface area contributed by atoms with E-state index in [1.165, 1.54) is 11.1 Å². The summed E-state index contributed by atoms with van der Waals surface area (Å²) in [4.78, 5) is 0. The first-order valence-corrected chi connectivity index (χ1v) is 7.98. The number of benzene rings is 2. The van der Waals surface area contributed by atoms with Crippen molar-refractivity contribution in [2.24, 2.45) is 0 Å². The Balaban J connectivity index is 2.76. The molecule has 118 valence electrons. The van der Waals surface area contributed by atoms with Gasteiger partial charge in [-0.2, -0.15) is 0 Å². The zero-order valence-corrected chi connectivity index (χ0v) is 15.0. The highest BCUT2D eigenvalue weighted by molar-refractivity contribution is 5.70. The monoisotopic (exact) mass is 297 g/mol. The molecule has 0 bridgehead atoms. The number of hydrogen-bond acceptors (Lipinski definition) is 0. The van der Waals surface area contributed by atoms with Gasteiger partial charge in [0.05, 0.1) is 0 Å². The second-order valence-electron chi connectivity index (χ2n) is 8.28. The molecule has 0 fully saturated rings. The van der Waals surface area contributed by atoms with Crippen molar-refractivity contribution < 1.29 is 4.11 Å². The molecule has 0 spiro atoms. The van der Waals surface area contributed by atoms with Crippen LogP contribution in [0, 0.1) is 13.8 Å². The van der Waals surface area contributed by atoms with Crippen LogP contribution >= 0.6 is 0 Å². The number of aryl methyl sites for hydroxylation is 1. The summed E-state index contributed by atoms with van der Waals surface area (Å²) in [6, 6.07) is 12.3. The molecular formula is C22H30. The molecule has 0 unspecified atom stereocenters. The predicted molar refractivity (Wildman–Crippen MR) is 98.8 cm³/mol. The van der Waals surface area contributed by atoms with Crippen LogP contribution in [-0.2, 0) is 10.8 Å². The molecule has 0 aliphatic rings. The van der Waals surface area contributed by atoms with Crippen LogP contribution in [0.3, 0.4) is 0 Å². The Bertz CT molecular complexity index is 737. The van der Waals surface area contributed by atoms with E-state index < -0.39 is 6.85 Å². The van der Waals surface area contributed by atoms with E-state index in [1.54, 1.807) is 6.07 Å². The summed E-state index contributed by atoms with van der Waals surface area (Å²) in [5.74, 6) is 0. The van der Waals surface area contributed by atoms with Gasteiger partial charge in [0.1, 0.15) is 0 Å². The summed E-state index contributed by atoms with van der Waals surface area (Å²) >= 11 is 0. The molecule has 0 aromatic heterocycles. The molecule has 0 saturated heterocycles. The topological polar surface area (TPSA) is 0 Å². The Morgan fingerprint density at radius 2 is 1.36 bits per heavy atom. The quantitative estimate of drug-likeness (QED) is 0.558. The smallest absolute Gasteiger partial charge is 0.0280 e. The van der Waals surface area contributed by atoms with Gasteiger partial charge in [0.25, 0.3) is 0 Å². The van der Waals surface area contributed by atoms with Gasteiger partial charge < -0.3 is 0 Å². The van der Waals surface area contributed by atoms with Crippen molar-refractivity contribution in [1.29, 1.82) is 0 Å². The third-order valence-electron chi connectivity index (χ3n) is 4.31. The summed E-state index contributed by atoms with van der Waals surface area (Å²) < 4.78 is 23.4. The summed E-state index contributed by atoms with van der Waals surface area (Å²) in [7, 11) is 0. The minimum Gasteiger partial charge on any atom is -0.0614 e. The van der Waals surface area contributed by atoms with E-state index in [0.29, 0.717) is 5.56 Å². The van der Waals surface area contributed by atoms with Crippen LogP contribution in [0.5, 0.6) is 0 Å². The molecule has 0 atom stereocenters. The molecule has 0 heteroatoms. The van der Waals surface area contributed by atoms with E-state index in [0.717, 1.165) is 16.7 Å². The fourth-order valence-corrected chi connectivity index (χ4v) is 2.60. The summed E-state index contributed by atoms with van der Waals surface area (Å²) in [6.07, 6.45) is 0. The molecule has 2 aromatic rings. The van der Waals surface area contributed by atoms with E-state index in [9.17, 15) is 0 Å². The second-order valence-corrected chi connectivity index (χ2v) is 8.28. The summed E-state index contributed by atoms with van der Waals surface area (Å²) in [6.45, 7) is 13.1. The van der Waals surface area contributed by atoms with Crippen LogP contribution in [0.4, 0.5) is 0 Å². The van der Waals surface area contributed by atoms with Crippen molar-refractivity contribution >= 4 is 0 Å². The molecule has 2 rings (SSSR count). The van der Waals surface area contributed by atoms with Gasteiger partial charge in [-0.3, -0.25) is 0 Å². The van der Waals surface area contributed by atoms with Crippen LogP contribution in [0.25, 0.3) is 11.1 Å². The lowest BCUT2D eigenvalue weighted by atomic mass is 9.78. The van der Waals surface area contributed by atoms with Gasteiger partial charge in [-0.15, -0.1) is 0 Å². The maximum absolute atomic E-state index is 7.79. The van der Waals surface area contributed by atoms with Gasteiger partial charge in [-0.1, -0.05) is 77.9 Å². The maximum Gasteiger partial charge on any atom is 0.0280 e. The largest absolute Gasteiger partial charge is 0.0614 e. The Morgan fingerprint density at radius 1 is 0.818 bits per heavy atom. The van der Waals surface area contributed by atoms with E-state index >= 15 is 0 Å². The third kappa shape index (κ3) is 3.43. The van der Waals surface area contributed by atoms with E-state index in [1.807, 2.05) is 19.1 Å². The van der Waals surface area contributed by atoms with Crippen LogP contribution in [-0.4, -0.2) is 0 Å². The first-order chi connectivity index (χ1) is 11.2. The molecular weight excluding hydrogens is 264 g/mol. The lowest BCUT2D eigenvalue weighted by molar-refractivity contribution is 0.569. The average Bonchev–Trinajstić information content (AvgIpc) is 2.44. The lowest BCUT2D eigenvalue weighted by Crippen LogP contribution is -2.16. The minimum atomic E-state index is -2.09. The van der Waals surface area contributed by atoms with Crippen molar-refractivity contribution in [2.75, 3.05) is 0 Å². The molecule has 0 heterocycles. The molecule has 0 amide bonds. The zero-order valence-electron chi connectivity index (χ0n) is 18.0. The predicted octanol–water partition coefficient (Wildman–Crippen LogP) is 6.57. The SMILES string of the molecule is [2H]C([2H])([2H])c1cccc(-c2cc(C(C)(C)C)cc(C(C)(C)C)c2)c1C. The maximum atomic E-state index is 7.79. The van der Waals surface area contributed by atoms with Crippen LogP contribution in [0.2, 0.25) is 0 Å². The molecule has 0 saturated carbocycles. The molecule has 0 N–H and O–H groups in total. The van der Waals surface area contributed by atoms with Gasteiger partial charge in [0.15, 0.2) is 0 Å². The van der Waals surface area contributed by atoms with Gasteiger partial charge in [0.2, 0.25) is 0 Å². The molecule has 0 nitrogen and oxygen atoms in total. The molecule has 0 aliphatic carbocycles. The van der Waals surface area contributed by atoms with Gasteiger partial charge in [0, 0.05) is 4.11 Å². The van der Waals surface area contributed by atoms with E-state index in [2.05, 4.69) is 59.7 Å². The normalized spacial score (nSPS) is 15.1. The molecule has 0 radical (unpaired) electrons. The first kappa shape index (κ1) is 12.9. The highest BCUT2D eigenvalue weighted by atomic mass is 14.3. The second kappa shape index (κ2) is 5.57. The van der Waals surface area contributed by atoms with Crippen molar-refractivity contribution in [1.82, 2.24) is 0 Å². The Hall–Kier alpha value is -1.56. The average molecular weight is 298 g/mol. The van der Waals surface area contributed by atoms with Crippen LogP contribution in [0.15, 0.2) is 36.4 Å². The highest BCUT2D eigenvalue weighted by Crippen LogP contribution is 2.35. The minimum absolute atomic E-state index is 0.0333. The summed E-state index contributed by atoms with van der Waals surface area (Å²) in [5, 5.41) is 0. The highest BCUT2D eigenvalue weighted by Gasteiger charge is 2.21. The molecule has 2 aromatic carbocycles. The Morgan fingerprint density at radius 3 is 1.82 bits per heavy atom. The fourth-order valence-electron chi connectivity index (χ4n) is 2.60. The van der Waals surface area contributed by atoms with Crippen molar-refractivity contribution in [3.8, 4) is 11.1 Å². The van der Waals surface area contributed by atoms with Crippen LogP contribution in [0.1, 0.15) is 67.9 Å². The number of rotatable bonds is 1. The van der Waals surface area contributed by atoms with E-state index in [4.69, 9.17) is 4.11 Å². The van der Waals surface area contributed by atoms with Crippen molar-refractivity contribution in [3.63, 3.8) is 0 Å². The van der Waals surface area contributed by atoms with Crippen molar-refractivity contribution in [3.05, 3.63) is 58.7 Å².